The molecule has 2 rings (SSSR count). The molecule has 1 fully saturated rings. The number of hydrogen-bond donors (Lipinski definition) is 3. The third-order valence-electron chi connectivity index (χ3n) is 4.27. The van der Waals surface area contributed by atoms with Crippen LogP contribution in [0.5, 0.6) is 0 Å². The van der Waals surface area contributed by atoms with Crippen LogP contribution in [-0.4, -0.2) is 28.4 Å². The molecule has 0 heterocycles. The van der Waals surface area contributed by atoms with E-state index in [1.165, 1.54) is 0 Å². The maximum atomic E-state index is 13.1. The number of carbonyl (C=O) groups is 3. The van der Waals surface area contributed by atoms with Crippen LogP contribution in [0.1, 0.15) is 54.9 Å². The Kier molecular flexibility index (Phi) is 5.58. The van der Waals surface area contributed by atoms with E-state index in [1.807, 2.05) is 0 Å². The first kappa shape index (κ1) is 19.7. The number of amides is 2. The topological polar surface area (TPSA) is 95.5 Å². The van der Waals surface area contributed by atoms with Crippen molar-refractivity contribution in [2.75, 3.05) is 5.32 Å². The van der Waals surface area contributed by atoms with Crippen molar-refractivity contribution in [3.05, 3.63) is 29.3 Å². The number of hydrogen-bond acceptors (Lipinski definition) is 3. The van der Waals surface area contributed by atoms with E-state index in [4.69, 9.17) is 5.11 Å². The second-order valence-corrected chi connectivity index (χ2v) is 6.49. The number of benzene rings is 1. The quantitative estimate of drug-likeness (QED) is 0.740. The van der Waals surface area contributed by atoms with E-state index in [1.54, 1.807) is 0 Å². The summed E-state index contributed by atoms with van der Waals surface area (Å²) in [6.07, 6.45) is -2.64. The third-order valence-corrected chi connectivity index (χ3v) is 4.27. The summed E-state index contributed by atoms with van der Waals surface area (Å²) < 4.78 is 39.2. The van der Waals surface area contributed by atoms with Crippen molar-refractivity contribution in [2.24, 2.45) is 0 Å². The van der Waals surface area contributed by atoms with Crippen LogP contribution in [0.4, 0.5) is 18.9 Å². The molecule has 0 radical (unpaired) electrons. The van der Waals surface area contributed by atoms with E-state index in [-0.39, 0.29) is 17.7 Å². The van der Waals surface area contributed by atoms with E-state index in [0.29, 0.717) is 18.9 Å². The normalized spacial score (nSPS) is 16.2. The van der Waals surface area contributed by atoms with Gasteiger partial charge in [-0.15, -0.1) is 0 Å². The molecule has 1 aliphatic carbocycles. The predicted molar refractivity (Wildman–Crippen MR) is 86.7 cm³/mol. The molecule has 9 heteroatoms. The maximum Gasteiger partial charge on any atom is 0.416 e. The third kappa shape index (κ3) is 4.96. The lowest BCUT2D eigenvalue weighted by molar-refractivity contribution is -0.139. The summed E-state index contributed by atoms with van der Waals surface area (Å²) >= 11 is 0. The van der Waals surface area contributed by atoms with Crippen LogP contribution >= 0.6 is 0 Å². The van der Waals surface area contributed by atoms with Crippen LogP contribution in [-0.2, 0) is 15.8 Å². The number of rotatable bonds is 5. The standard InChI is InChI=1S/C17H19F3N2O4/c1-10(23)21-13-7-11(6-12(8-13)17(18,19)20)15(26)22-16(9-14(24)25)4-2-3-5-16/h6-8H,2-5,9H2,1H3,(H,21,23)(H,22,26)(H,24,25). The number of carbonyl (C=O) groups excluding carboxylic acids is 2. The summed E-state index contributed by atoms with van der Waals surface area (Å²) in [5.41, 5.74) is -2.49. The molecular formula is C17H19F3N2O4. The molecule has 1 aromatic rings. The molecule has 6 nitrogen and oxygen atoms in total. The monoisotopic (exact) mass is 372 g/mol. The summed E-state index contributed by atoms with van der Waals surface area (Å²) in [6.45, 7) is 1.14. The summed E-state index contributed by atoms with van der Waals surface area (Å²) in [7, 11) is 0. The van der Waals surface area contributed by atoms with Gasteiger partial charge < -0.3 is 15.7 Å². The van der Waals surface area contributed by atoms with Crippen LogP contribution < -0.4 is 10.6 Å². The average Bonchev–Trinajstić information content (AvgIpc) is 2.92. The van der Waals surface area contributed by atoms with Gasteiger partial charge in [0, 0.05) is 18.2 Å². The SMILES string of the molecule is CC(=O)Nc1cc(C(=O)NC2(CC(=O)O)CCCC2)cc(C(F)(F)F)c1. The highest BCUT2D eigenvalue weighted by Gasteiger charge is 2.38. The van der Waals surface area contributed by atoms with Gasteiger partial charge in [0.05, 0.1) is 17.5 Å². The Balaban J connectivity index is 2.34. The van der Waals surface area contributed by atoms with Gasteiger partial charge in [-0.25, -0.2) is 0 Å². The summed E-state index contributed by atoms with van der Waals surface area (Å²) in [4.78, 5) is 34.8. The summed E-state index contributed by atoms with van der Waals surface area (Å²) in [5, 5.41) is 13.9. The summed E-state index contributed by atoms with van der Waals surface area (Å²) in [5.74, 6) is -2.46. The Morgan fingerprint density at radius 2 is 1.77 bits per heavy atom. The van der Waals surface area contributed by atoms with Crippen molar-refractivity contribution in [3.8, 4) is 0 Å². The molecule has 0 spiro atoms. The van der Waals surface area contributed by atoms with Crippen LogP contribution in [0.25, 0.3) is 0 Å². The average molecular weight is 372 g/mol. The van der Waals surface area contributed by atoms with Crippen molar-refractivity contribution >= 4 is 23.5 Å². The van der Waals surface area contributed by atoms with Gasteiger partial charge in [0.2, 0.25) is 5.91 Å². The van der Waals surface area contributed by atoms with Gasteiger partial charge in [-0.1, -0.05) is 12.8 Å². The van der Waals surface area contributed by atoms with Crippen LogP contribution in [0.15, 0.2) is 18.2 Å². The fourth-order valence-electron chi connectivity index (χ4n) is 3.20. The van der Waals surface area contributed by atoms with Gasteiger partial charge in [-0.05, 0) is 31.0 Å². The number of carboxylic acid groups (broad SMARTS) is 1. The van der Waals surface area contributed by atoms with Crippen molar-refractivity contribution in [1.82, 2.24) is 5.32 Å². The van der Waals surface area contributed by atoms with Crippen LogP contribution in [0.3, 0.4) is 0 Å². The first-order chi connectivity index (χ1) is 12.0. The zero-order chi connectivity index (χ0) is 19.5. The van der Waals surface area contributed by atoms with Crippen molar-refractivity contribution in [3.63, 3.8) is 0 Å². The molecule has 0 unspecified atom stereocenters. The molecule has 1 aromatic carbocycles. The molecule has 142 valence electrons. The summed E-state index contributed by atoms with van der Waals surface area (Å²) in [6, 6.07) is 2.56. The molecule has 3 N–H and O–H groups in total. The Hall–Kier alpha value is -2.58. The number of anilines is 1. The van der Waals surface area contributed by atoms with Crippen LogP contribution in [0, 0.1) is 0 Å². The second-order valence-electron chi connectivity index (χ2n) is 6.49. The number of aliphatic carboxylic acids is 1. The number of nitrogens with one attached hydrogen (secondary N) is 2. The second kappa shape index (κ2) is 7.35. The van der Waals surface area contributed by atoms with Crippen LogP contribution in [0.2, 0.25) is 0 Å². The van der Waals surface area contributed by atoms with E-state index in [2.05, 4.69) is 10.6 Å². The van der Waals surface area contributed by atoms with E-state index in [0.717, 1.165) is 31.9 Å². The first-order valence-electron chi connectivity index (χ1n) is 8.05. The lowest BCUT2D eigenvalue weighted by Crippen LogP contribution is -2.47. The Labute approximate surface area is 147 Å². The highest BCUT2D eigenvalue weighted by atomic mass is 19.4. The Morgan fingerprint density at radius 3 is 2.27 bits per heavy atom. The highest BCUT2D eigenvalue weighted by molar-refractivity contribution is 5.97. The smallest absolute Gasteiger partial charge is 0.416 e. The minimum Gasteiger partial charge on any atom is -0.481 e. The zero-order valence-electron chi connectivity index (χ0n) is 14.1. The fourth-order valence-corrected chi connectivity index (χ4v) is 3.20. The van der Waals surface area contributed by atoms with Gasteiger partial charge in [0.1, 0.15) is 0 Å². The largest absolute Gasteiger partial charge is 0.481 e. The number of carboxylic acids is 1. The molecule has 0 bridgehead atoms. The van der Waals surface area contributed by atoms with Crippen molar-refractivity contribution < 1.29 is 32.7 Å². The maximum absolute atomic E-state index is 13.1. The van der Waals surface area contributed by atoms with Gasteiger partial charge in [-0.3, -0.25) is 14.4 Å². The van der Waals surface area contributed by atoms with Gasteiger partial charge >= 0.3 is 12.1 Å². The fraction of sp³-hybridized carbons (Fsp3) is 0.471. The van der Waals surface area contributed by atoms with Gasteiger partial charge in [0.15, 0.2) is 0 Å². The minimum absolute atomic E-state index is 0.156. The van der Waals surface area contributed by atoms with Crippen molar-refractivity contribution in [1.29, 1.82) is 0 Å². The number of alkyl halides is 3. The zero-order valence-corrected chi connectivity index (χ0v) is 14.1. The molecular weight excluding hydrogens is 353 g/mol. The molecule has 1 aliphatic rings. The first-order valence-corrected chi connectivity index (χ1v) is 8.05. The Morgan fingerprint density at radius 1 is 1.15 bits per heavy atom. The molecule has 1 saturated carbocycles. The van der Waals surface area contributed by atoms with Gasteiger partial charge in [-0.2, -0.15) is 13.2 Å². The predicted octanol–water partition coefficient (Wildman–Crippen LogP) is 3.18. The highest BCUT2D eigenvalue weighted by Crippen LogP contribution is 2.34. The minimum atomic E-state index is -4.70. The molecule has 0 aliphatic heterocycles. The van der Waals surface area contributed by atoms with Gasteiger partial charge in [0.25, 0.3) is 5.91 Å². The molecule has 0 atom stereocenters. The van der Waals surface area contributed by atoms with E-state index < -0.39 is 35.1 Å². The lowest BCUT2D eigenvalue weighted by atomic mass is 9.92. The van der Waals surface area contributed by atoms with E-state index >= 15 is 0 Å². The molecule has 26 heavy (non-hydrogen) atoms. The lowest BCUT2D eigenvalue weighted by Gasteiger charge is -2.29. The molecule has 0 saturated heterocycles. The Bertz CT molecular complexity index is 725. The van der Waals surface area contributed by atoms with Crippen molar-refractivity contribution in [2.45, 2.75) is 50.7 Å². The molecule has 0 aromatic heterocycles. The molecule has 2 amide bonds. The van der Waals surface area contributed by atoms with E-state index in [9.17, 15) is 27.6 Å². The number of halogens is 3.